The average molecular weight is 779 g/mol. The molecule has 1 radical (unpaired) electrons. The molecule has 6 rings (SSSR count). The van der Waals surface area contributed by atoms with Crippen molar-refractivity contribution < 1.29 is 21.6 Å². The van der Waals surface area contributed by atoms with Crippen LogP contribution in [0, 0.1) is 5.41 Å². The normalized spacial score (nSPS) is 11.0. The van der Waals surface area contributed by atoms with Crippen LogP contribution in [0.4, 0.5) is 4.79 Å². The zero-order valence-electron chi connectivity index (χ0n) is 27.5. The van der Waals surface area contributed by atoms with Gasteiger partial charge in [0.05, 0.1) is 79.5 Å². The summed E-state index contributed by atoms with van der Waals surface area (Å²) in [6.45, 7) is 2.64. The minimum Gasteiger partial charge on any atom is -0.767 e. The van der Waals surface area contributed by atoms with Crippen molar-refractivity contribution in [1.82, 2.24) is 0 Å². The van der Waals surface area contributed by atoms with Crippen LogP contribution >= 0.6 is 23.8 Å². The van der Waals surface area contributed by atoms with Crippen LogP contribution in [0.2, 0.25) is 0 Å². The Balaban J connectivity index is 0.00000103. The van der Waals surface area contributed by atoms with E-state index < -0.39 is 28.2 Å². The Morgan fingerprint density at radius 1 is 0.408 bits per heavy atom. The molecule has 0 spiro atoms. The summed E-state index contributed by atoms with van der Waals surface area (Å²) in [5, 5.41) is 9.06. The van der Waals surface area contributed by atoms with Crippen molar-refractivity contribution in [2.75, 3.05) is 18.5 Å². The quantitative estimate of drug-likeness (QED) is 0.0934. The SMILES string of the molecule is CC(C[PH+](c1ccccc1)c1ccccc1)(C[PH+](c1ccccc1)c1ccccc1)C[PH+](c1ccccc1)c1ccccc1.O=C([S-])[S-].[Co+2]. The van der Waals surface area contributed by atoms with E-state index in [9.17, 15) is 0 Å². The molecule has 0 atom stereocenters. The maximum atomic E-state index is 9.07. The molecule has 0 saturated carbocycles. The van der Waals surface area contributed by atoms with Crippen LogP contribution in [0.1, 0.15) is 6.92 Å². The van der Waals surface area contributed by atoms with Gasteiger partial charge in [0, 0.05) is 0 Å². The maximum absolute atomic E-state index is 9.07. The minimum atomic E-state index is -1.04. The maximum Gasteiger partial charge on any atom is 2.00 e. The predicted octanol–water partition coefficient (Wildman–Crippen LogP) is 7.79. The Hall–Kier alpha value is -2.77. The van der Waals surface area contributed by atoms with Crippen LogP contribution in [0.5, 0.6) is 0 Å². The third-order valence-corrected chi connectivity index (χ3v) is 18.3. The third-order valence-electron chi connectivity index (χ3n) is 8.54. The van der Waals surface area contributed by atoms with Gasteiger partial charge in [-0.3, -0.25) is 0 Å². The molecule has 0 fully saturated rings. The van der Waals surface area contributed by atoms with Gasteiger partial charge in [0.15, 0.2) is 0 Å². The fourth-order valence-electron chi connectivity index (χ4n) is 6.42. The van der Waals surface area contributed by atoms with Gasteiger partial charge >= 0.3 is 16.8 Å². The first-order valence-corrected chi connectivity index (χ1v) is 22.1. The Labute approximate surface area is 317 Å². The van der Waals surface area contributed by atoms with E-state index in [0.717, 1.165) is 0 Å². The van der Waals surface area contributed by atoms with Gasteiger partial charge in [-0.15, -0.1) is 4.45 Å². The zero-order valence-corrected chi connectivity index (χ0v) is 33.2. The molecule has 0 heterocycles. The number of hydrogen-bond acceptors (Lipinski definition) is 3. The fraction of sp³-hybridized carbons (Fsp3) is 0.119. The first kappa shape index (κ1) is 39.0. The van der Waals surface area contributed by atoms with E-state index in [1.165, 1.54) is 50.3 Å². The van der Waals surface area contributed by atoms with Gasteiger partial charge in [-0.05, 0) is 79.7 Å². The van der Waals surface area contributed by atoms with Gasteiger partial charge < -0.3 is 30.1 Å². The molecule has 0 amide bonds. The van der Waals surface area contributed by atoms with Crippen molar-refractivity contribution in [2.45, 2.75) is 6.92 Å². The zero-order chi connectivity index (χ0) is 33.6. The largest absolute Gasteiger partial charge is 2.00 e. The molecular formula is C42H42CoOP3S2+3. The monoisotopic (exact) mass is 778 g/mol. The molecule has 0 aliphatic carbocycles. The average Bonchev–Trinajstić information content (AvgIpc) is 3.14. The summed E-state index contributed by atoms with van der Waals surface area (Å²) in [6.07, 6.45) is 3.61. The minimum absolute atomic E-state index is 0. The molecule has 0 bridgehead atoms. The number of rotatable bonds is 12. The molecule has 0 N–H and O–H groups in total. The van der Waals surface area contributed by atoms with E-state index in [1.54, 1.807) is 0 Å². The van der Waals surface area contributed by atoms with E-state index in [2.05, 4.69) is 214 Å². The molecule has 0 aliphatic rings. The topological polar surface area (TPSA) is 17.1 Å². The van der Waals surface area contributed by atoms with Gasteiger partial charge in [-0.2, -0.15) is 0 Å². The predicted molar refractivity (Wildman–Crippen MR) is 224 cm³/mol. The summed E-state index contributed by atoms with van der Waals surface area (Å²) in [7, 11) is -3.12. The Morgan fingerprint density at radius 3 is 0.694 bits per heavy atom. The number of benzene rings is 6. The molecule has 0 unspecified atom stereocenters. The fourth-order valence-corrected chi connectivity index (χ4v) is 16.3. The van der Waals surface area contributed by atoms with Crippen LogP contribution in [0.25, 0.3) is 0 Å². The number of hydrogen-bond donors (Lipinski definition) is 0. The van der Waals surface area contributed by atoms with Crippen molar-refractivity contribution in [3.8, 4) is 0 Å². The molecular weight excluding hydrogens is 736 g/mol. The van der Waals surface area contributed by atoms with E-state index in [-0.39, 0.29) is 22.2 Å². The van der Waals surface area contributed by atoms with Crippen LogP contribution in [0.15, 0.2) is 182 Å². The van der Waals surface area contributed by atoms with Crippen LogP contribution in [-0.2, 0) is 42.0 Å². The molecule has 249 valence electrons. The van der Waals surface area contributed by atoms with E-state index in [0.29, 0.717) is 0 Å². The van der Waals surface area contributed by atoms with Crippen molar-refractivity contribution >= 4 is 85.3 Å². The van der Waals surface area contributed by atoms with Crippen LogP contribution in [0.3, 0.4) is 0 Å². The molecule has 1 nitrogen and oxygen atoms in total. The molecule has 7 heteroatoms. The standard InChI is InChI=1S/C41H39P3.CH2OS2.Co/c1-41(32-42(35-20-8-2-9-21-35)36-22-10-3-11-23-36,33-43(37-24-12-4-13-25-37)38-26-14-5-15-27-38)34-44(39-28-16-6-17-29-39)40-30-18-7-19-31-40;2-1(3)4;/h2-31H,32-34H2,1H3;(H2,2,3,4);/q;;+2/p+1. The second-order valence-electron chi connectivity index (χ2n) is 12.2. The van der Waals surface area contributed by atoms with E-state index >= 15 is 0 Å². The van der Waals surface area contributed by atoms with Gasteiger partial charge in [-0.1, -0.05) is 109 Å². The second kappa shape index (κ2) is 20.2. The van der Waals surface area contributed by atoms with Crippen LogP contribution in [-0.4, -0.2) is 22.9 Å². The first-order valence-electron chi connectivity index (χ1n) is 16.2. The second-order valence-corrected chi connectivity index (χ2v) is 20.6. The Morgan fingerprint density at radius 2 is 0.551 bits per heavy atom. The number of carbonyl (C=O) groups excluding carboxylic acids is 1. The molecule has 6 aromatic carbocycles. The Bertz CT molecular complexity index is 1470. The van der Waals surface area contributed by atoms with Gasteiger partial charge in [0.1, 0.15) is 0 Å². The van der Waals surface area contributed by atoms with E-state index in [1.807, 2.05) is 0 Å². The van der Waals surface area contributed by atoms with Gasteiger partial charge in [-0.25, -0.2) is 0 Å². The van der Waals surface area contributed by atoms with Gasteiger partial charge in [0.25, 0.3) is 0 Å². The summed E-state index contributed by atoms with van der Waals surface area (Å²) in [4.78, 5) is 9.07. The van der Waals surface area contributed by atoms with Crippen molar-refractivity contribution in [3.05, 3.63) is 182 Å². The van der Waals surface area contributed by atoms with Gasteiger partial charge in [0.2, 0.25) is 0 Å². The van der Waals surface area contributed by atoms with Crippen molar-refractivity contribution in [1.29, 1.82) is 0 Å². The smallest absolute Gasteiger partial charge is 0.767 e. The summed E-state index contributed by atoms with van der Waals surface area (Å²) in [6, 6.07) is 68.2. The van der Waals surface area contributed by atoms with Crippen molar-refractivity contribution in [2.24, 2.45) is 5.41 Å². The van der Waals surface area contributed by atoms with E-state index in [4.69, 9.17) is 4.79 Å². The Kier molecular flexibility index (Phi) is 16.1. The summed E-state index contributed by atoms with van der Waals surface area (Å²) < 4.78 is -0.667. The summed E-state index contributed by atoms with van der Waals surface area (Å²) in [5.74, 6) is 0. The molecule has 0 saturated heterocycles. The van der Waals surface area contributed by atoms with Crippen molar-refractivity contribution in [3.63, 3.8) is 0 Å². The van der Waals surface area contributed by atoms with Crippen LogP contribution < -0.4 is 31.8 Å². The third kappa shape index (κ3) is 11.9. The number of carbonyl (C=O) groups is 1. The molecule has 49 heavy (non-hydrogen) atoms. The summed E-state index contributed by atoms with van der Waals surface area (Å²) >= 11 is 7.59. The molecule has 0 aliphatic heterocycles. The first-order chi connectivity index (χ1) is 23.4. The summed E-state index contributed by atoms with van der Waals surface area (Å²) in [5.41, 5.74) is 0.125. The molecule has 0 aromatic heterocycles. The molecule has 6 aromatic rings.